The van der Waals surface area contributed by atoms with Crippen molar-refractivity contribution in [1.82, 2.24) is 0 Å². The van der Waals surface area contributed by atoms with Crippen LogP contribution in [0, 0.1) is 0 Å². The number of carboxylic acids is 1. The smallest absolute Gasteiger partial charge is 0.326 e. The number of rotatable bonds is 2. The lowest BCUT2D eigenvalue weighted by Crippen LogP contribution is -2.40. The van der Waals surface area contributed by atoms with Gasteiger partial charge in [0.1, 0.15) is 17.3 Å². The average molecular weight is 254 g/mol. The van der Waals surface area contributed by atoms with Crippen LogP contribution in [0.1, 0.15) is 6.92 Å². The Morgan fingerprint density at radius 3 is 2.71 bits per heavy atom. The lowest BCUT2D eigenvalue weighted by Gasteiger charge is -2.27. The topological polar surface area (TPSA) is 87.0 Å². The summed E-state index contributed by atoms with van der Waals surface area (Å²) >= 11 is 0. The zero-order valence-electron chi connectivity index (χ0n) is 8.94. The molecular weight excluding hydrogens is 244 g/mol. The summed E-state index contributed by atoms with van der Waals surface area (Å²) in [5, 5.41) is 8.94. The predicted octanol–water partition coefficient (Wildman–Crippen LogP) is 0.697. The Morgan fingerprint density at radius 1 is 1.41 bits per heavy atom. The fourth-order valence-corrected chi connectivity index (χ4v) is 2.58. The normalized spacial score (nSPS) is 18.5. The molecule has 1 heterocycles. The molecule has 0 bridgehead atoms. The van der Waals surface area contributed by atoms with E-state index < -0.39 is 22.0 Å². The Morgan fingerprint density at radius 2 is 2.06 bits per heavy atom. The monoisotopic (exact) mass is 254 g/mol. The molecule has 0 spiro atoms. The molecule has 0 radical (unpaired) electrons. The molecule has 0 saturated carbocycles. The predicted molar refractivity (Wildman–Crippen MR) is 61.7 cm³/mol. The molecule has 0 saturated heterocycles. The maximum Gasteiger partial charge on any atom is 0.326 e. The number of carbonyl (C=O) groups is 1. The third kappa shape index (κ3) is 1.89. The molecule has 0 fully saturated rings. The zero-order chi connectivity index (χ0) is 12.6. The van der Waals surface area contributed by atoms with Gasteiger partial charge in [-0.05, 0) is 19.1 Å². The molecule has 0 aliphatic carbocycles. The van der Waals surface area contributed by atoms with E-state index in [0.717, 1.165) is 6.34 Å². The van der Waals surface area contributed by atoms with Crippen molar-refractivity contribution in [3.05, 3.63) is 24.3 Å². The van der Waals surface area contributed by atoms with Gasteiger partial charge in [0.05, 0.1) is 5.69 Å². The Bertz CT molecular complexity index is 594. The van der Waals surface area contributed by atoms with Gasteiger partial charge in [-0.15, -0.1) is 4.40 Å². The Balaban J connectivity index is 2.58. The first kappa shape index (κ1) is 11.6. The molecule has 1 atom stereocenters. The van der Waals surface area contributed by atoms with Crippen LogP contribution >= 0.6 is 0 Å². The number of aliphatic carboxylic acids is 1. The third-order valence-electron chi connectivity index (χ3n) is 2.51. The Labute approximate surface area is 98.3 Å². The van der Waals surface area contributed by atoms with E-state index in [9.17, 15) is 13.2 Å². The number of nitrogens with zero attached hydrogens (tertiary/aromatic N) is 2. The Hall–Kier alpha value is -1.89. The molecule has 17 heavy (non-hydrogen) atoms. The molecule has 1 aromatic rings. The number of hydrogen-bond donors (Lipinski definition) is 1. The van der Waals surface area contributed by atoms with Gasteiger partial charge < -0.3 is 10.0 Å². The first-order valence-electron chi connectivity index (χ1n) is 4.84. The van der Waals surface area contributed by atoms with Crippen molar-refractivity contribution in [2.75, 3.05) is 4.90 Å². The Kier molecular flexibility index (Phi) is 2.62. The summed E-state index contributed by atoms with van der Waals surface area (Å²) in [5.74, 6) is -1.05. The molecule has 1 unspecified atom stereocenters. The number of para-hydroxylation sites is 1. The summed E-state index contributed by atoms with van der Waals surface area (Å²) in [4.78, 5) is 12.3. The average Bonchev–Trinajstić information content (AvgIpc) is 2.28. The van der Waals surface area contributed by atoms with Crippen molar-refractivity contribution in [2.24, 2.45) is 4.40 Å². The van der Waals surface area contributed by atoms with Gasteiger partial charge in [0.2, 0.25) is 0 Å². The largest absolute Gasteiger partial charge is 0.480 e. The molecular formula is C10H10N2O4S. The van der Waals surface area contributed by atoms with Gasteiger partial charge in [-0.25, -0.2) is 4.79 Å². The summed E-state index contributed by atoms with van der Waals surface area (Å²) < 4.78 is 26.7. The highest BCUT2D eigenvalue weighted by Gasteiger charge is 2.29. The van der Waals surface area contributed by atoms with E-state index in [-0.39, 0.29) is 4.90 Å². The van der Waals surface area contributed by atoms with Gasteiger partial charge in [-0.1, -0.05) is 12.1 Å². The second-order valence-electron chi connectivity index (χ2n) is 3.59. The van der Waals surface area contributed by atoms with Crippen LogP contribution in [0.15, 0.2) is 33.6 Å². The van der Waals surface area contributed by atoms with Gasteiger partial charge in [0, 0.05) is 0 Å². The lowest BCUT2D eigenvalue weighted by molar-refractivity contribution is -0.137. The fraction of sp³-hybridized carbons (Fsp3) is 0.200. The summed E-state index contributed by atoms with van der Waals surface area (Å²) in [6, 6.07) is 5.30. The molecule has 7 heteroatoms. The minimum atomic E-state index is -3.70. The van der Waals surface area contributed by atoms with Gasteiger partial charge in [0.15, 0.2) is 0 Å². The van der Waals surface area contributed by atoms with Crippen LogP contribution in [0.2, 0.25) is 0 Å². The molecule has 0 amide bonds. The van der Waals surface area contributed by atoms with Crippen LogP contribution in [0.5, 0.6) is 0 Å². The highest BCUT2D eigenvalue weighted by atomic mass is 32.2. The fourth-order valence-electron chi connectivity index (χ4n) is 1.55. The summed E-state index contributed by atoms with van der Waals surface area (Å²) in [5.41, 5.74) is 0.331. The van der Waals surface area contributed by atoms with Gasteiger partial charge in [-0.3, -0.25) is 0 Å². The molecule has 0 aromatic heterocycles. The van der Waals surface area contributed by atoms with Gasteiger partial charge in [-0.2, -0.15) is 8.42 Å². The maximum absolute atomic E-state index is 11.6. The second kappa shape index (κ2) is 3.85. The summed E-state index contributed by atoms with van der Waals surface area (Å²) in [7, 11) is -3.70. The van der Waals surface area contributed by atoms with Crippen LogP contribution < -0.4 is 4.90 Å². The number of sulfonamides is 1. The van der Waals surface area contributed by atoms with Crippen LogP contribution in [0.4, 0.5) is 5.69 Å². The number of carboxylic acid groups (broad SMARTS) is 1. The summed E-state index contributed by atoms with van der Waals surface area (Å²) in [6.45, 7) is 1.46. The van der Waals surface area contributed by atoms with Crippen molar-refractivity contribution in [1.29, 1.82) is 0 Å². The molecule has 1 N–H and O–H groups in total. The van der Waals surface area contributed by atoms with Crippen molar-refractivity contribution in [2.45, 2.75) is 17.9 Å². The van der Waals surface area contributed by atoms with Crippen molar-refractivity contribution in [3.8, 4) is 0 Å². The lowest BCUT2D eigenvalue weighted by atomic mass is 10.2. The number of fused-ring (bicyclic) bond motifs is 1. The first-order valence-corrected chi connectivity index (χ1v) is 6.28. The molecule has 90 valence electrons. The number of benzene rings is 1. The van der Waals surface area contributed by atoms with E-state index in [1.54, 1.807) is 18.2 Å². The molecule has 1 aliphatic heterocycles. The highest BCUT2D eigenvalue weighted by molar-refractivity contribution is 7.90. The second-order valence-corrected chi connectivity index (χ2v) is 5.19. The molecule has 2 rings (SSSR count). The minimum absolute atomic E-state index is 0.0237. The number of hydrogen-bond acceptors (Lipinski definition) is 4. The zero-order valence-corrected chi connectivity index (χ0v) is 9.76. The van der Waals surface area contributed by atoms with E-state index >= 15 is 0 Å². The highest BCUT2D eigenvalue weighted by Crippen LogP contribution is 2.30. The molecule has 1 aliphatic rings. The van der Waals surface area contributed by atoms with Crippen molar-refractivity contribution < 1.29 is 18.3 Å². The SMILES string of the molecule is CC(C(=O)O)N1C=NS(=O)(=O)c2ccccc21. The van der Waals surface area contributed by atoms with Crippen molar-refractivity contribution >= 4 is 28.0 Å². The van der Waals surface area contributed by atoms with Crippen LogP contribution in [0.25, 0.3) is 0 Å². The van der Waals surface area contributed by atoms with Crippen LogP contribution in [-0.2, 0) is 14.8 Å². The molecule has 1 aromatic carbocycles. The maximum atomic E-state index is 11.6. The van der Waals surface area contributed by atoms with E-state index in [0.29, 0.717) is 5.69 Å². The van der Waals surface area contributed by atoms with Gasteiger partial charge in [0.25, 0.3) is 10.0 Å². The first-order chi connectivity index (χ1) is 7.93. The van der Waals surface area contributed by atoms with Gasteiger partial charge >= 0.3 is 5.97 Å². The quantitative estimate of drug-likeness (QED) is 0.839. The van der Waals surface area contributed by atoms with Crippen LogP contribution in [-0.4, -0.2) is 31.9 Å². The van der Waals surface area contributed by atoms with E-state index in [2.05, 4.69) is 4.40 Å². The van der Waals surface area contributed by atoms with Crippen molar-refractivity contribution in [3.63, 3.8) is 0 Å². The summed E-state index contributed by atoms with van der Waals surface area (Å²) in [6.07, 6.45) is 1.04. The third-order valence-corrected chi connectivity index (χ3v) is 3.78. The standard InChI is InChI=1S/C10H10N2O4S/c1-7(10(13)14)12-6-11-17(15,16)9-5-3-2-4-8(9)12/h2-7H,1H3,(H,13,14). The van der Waals surface area contributed by atoms with E-state index in [4.69, 9.17) is 5.11 Å². The minimum Gasteiger partial charge on any atom is -0.480 e. The van der Waals surface area contributed by atoms with Crippen LogP contribution in [0.3, 0.4) is 0 Å². The molecule has 6 nitrogen and oxygen atoms in total. The number of anilines is 1. The van der Waals surface area contributed by atoms with E-state index in [1.807, 2.05) is 0 Å². The van der Waals surface area contributed by atoms with E-state index in [1.165, 1.54) is 17.9 Å².